The summed E-state index contributed by atoms with van der Waals surface area (Å²) in [6.45, 7) is 0.486. The van der Waals surface area contributed by atoms with Gasteiger partial charge in [-0.15, -0.1) is 0 Å². The molecule has 1 heterocycles. The third kappa shape index (κ3) is 5.23. The molecule has 1 aliphatic rings. The fraction of sp³-hybridized carbons (Fsp3) is 0.500. The van der Waals surface area contributed by atoms with Gasteiger partial charge in [-0.3, -0.25) is 19.7 Å². The number of unbranched alkanes of at least 4 members (excludes halogenated alkanes) is 1. The SMILES string of the molecule is O=C(O)CCCCC(=O)N1CCN(S(=O)(=O)c2ccccc2[N+](=O)[O-])CC1. The van der Waals surface area contributed by atoms with E-state index >= 15 is 0 Å². The molecule has 0 bridgehead atoms. The van der Waals surface area contributed by atoms with E-state index in [9.17, 15) is 28.1 Å². The Hall–Kier alpha value is -2.53. The molecule has 148 valence electrons. The molecular weight excluding hydrogens is 378 g/mol. The molecule has 1 aliphatic heterocycles. The molecular formula is C16H21N3O7S. The minimum atomic E-state index is -4.03. The summed E-state index contributed by atoms with van der Waals surface area (Å²) in [5.41, 5.74) is -0.477. The van der Waals surface area contributed by atoms with Crippen molar-refractivity contribution in [2.75, 3.05) is 26.2 Å². The third-order valence-corrected chi connectivity index (χ3v) is 6.25. The van der Waals surface area contributed by atoms with Crippen LogP contribution in [0.25, 0.3) is 0 Å². The highest BCUT2D eigenvalue weighted by atomic mass is 32.2. The Morgan fingerprint density at radius 1 is 1.07 bits per heavy atom. The van der Waals surface area contributed by atoms with Gasteiger partial charge in [-0.25, -0.2) is 8.42 Å². The highest BCUT2D eigenvalue weighted by Gasteiger charge is 2.34. The summed E-state index contributed by atoms with van der Waals surface area (Å²) in [6.07, 6.45) is 1.09. The van der Waals surface area contributed by atoms with Crippen molar-refractivity contribution in [1.82, 2.24) is 9.21 Å². The van der Waals surface area contributed by atoms with Crippen LogP contribution >= 0.6 is 0 Å². The lowest BCUT2D eigenvalue weighted by Crippen LogP contribution is -2.50. The topological polar surface area (TPSA) is 138 Å². The van der Waals surface area contributed by atoms with E-state index in [4.69, 9.17) is 5.11 Å². The second kappa shape index (κ2) is 8.91. The van der Waals surface area contributed by atoms with E-state index in [1.165, 1.54) is 23.1 Å². The van der Waals surface area contributed by atoms with Gasteiger partial charge in [-0.1, -0.05) is 12.1 Å². The number of nitro benzene ring substituents is 1. The summed E-state index contributed by atoms with van der Waals surface area (Å²) in [4.78, 5) is 34.1. The molecule has 0 unspecified atom stereocenters. The lowest BCUT2D eigenvalue weighted by molar-refractivity contribution is -0.387. The van der Waals surface area contributed by atoms with E-state index in [0.717, 1.165) is 10.4 Å². The molecule has 1 amide bonds. The number of nitrogens with zero attached hydrogens (tertiary/aromatic N) is 3. The Morgan fingerprint density at radius 3 is 2.26 bits per heavy atom. The number of benzene rings is 1. The van der Waals surface area contributed by atoms with Gasteiger partial charge >= 0.3 is 5.97 Å². The Balaban J connectivity index is 1.96. The van der Waals surface area contributed by atoms with Crippen LogP contribution in [0.1, 0.15) is 25.7 Å². The summed E-state index contributed by atoms with van der Waals surface area (Å²) in [5.74, 6) is -1.06. The number of hydrogen-bond donors (Lipinski definition) is 1. The highest BCUT2D eigenvalue weighted by molar-refractivity contribution is 7.89. The van der Waals surface area contributed by atoms with E-state index in [2.05, 4.69) is 0 Å². The first-order chi connectivity index (χ1) is 12.7. The quantitative estimate of drug-likeness (QED) is 0.392. The van der Waals surface area contributed by atoms with Gasteiger partial charge in [-0.2, -0.15) is 4.31 Å². The number of hydrogen-bond acceptors (Lipinski definition) is 6. The predicted molar refractivity (Wildman–Crippen MR) is 94.5 cm³/mol. The second-order valence-corrected chi connectivity index (χ2v) is 8.02. The number of nitro groups is 1. The van der Waals surface area contributed by atoms with Gasteiger partial charge in [0.2, 0.25) is 15.9 Å². The van der Waals surface area contributed by atoms with Gasteiger partial charge in [0.25, 0.3) is 5.69 Å². The number of carboxylic acids is 1. The van der Waals surface area contributed by atoms with Crippen molar-refractivity contribution in [3.63, 3.8) is 0 Å². The van der Waals surface area contributed by atoms with Crippen molar-refractivity contribution in [3.05, 3.63) is 34.4 Å². The Bertz CT molecular complexity index is 817. The molecule has 1 aromatic rings. The van der Waals surface area contributed by atoms with Crippen LogP contribution in [0, 0.1) is 10.1 Å². The fourth-order valence-electron chi connectivity index (χ4n) is 2.85. The number of carbonyl (C=O) groups excluding carboxylic acids is 1. The number of amides is 1. The van der Waals surface area contributed by atoms with Crippen LogP contribution in [0.15, 0.2) is 29.2 Å². The van der Waals surface area contributed by atoms with Crippen LogP contribution in [0.5, 0.6) is 0 Å². The molecule has 0 radical (unpaired) electrons. The van der Waals surface area contributed by atoms with E-state index in [1.807, 2.05) is 0 Å². The van der Waals surface area contributed by atoms with E-state index < -0.39 is 26.6 Å². The van der Waals surface area contributed by atoms with Crippen LogP contribution < -0.4 is 0 Å². The van der Waals surface area contributed by atoms with Crippen molar-refractivity contribution < 1.29 is 28.0 Å². The first-order valence-corrected chi connectivity index (χ1v) is 9.90. The van der Waals surface area contributed by atoms with Crippen LogP contribution in [0.3, 0.4) is 0 Å². The zero-order valence-corrected chi connectivity index (χ0v) is 15.4. The molecule has 1 saturated heterocycles. The largest absolute Gasteiger partial charge is 0.481 e. The van der Waals surface area contributed by atoms with Gasteiger partial charge in [0.1, 0.15) is 0 Å². The first kappa shape index (κ1) is 20.8. The van der Waals surface area contributed by atoms with E-state index in [0.29, 0.717) is 12.8 Å². The molecule has 1 N–H and O–H groups in total. The van der Waals surface area contributed by atoms with Crippen LogP contribution in [0.4, 0.5) is 5.69 Å². The molecule has 0 atom stereocenters. The maximum absolute atomic E-state index is 12.7. The van der Waals surface area contributed by atoms with E-state index in [-0.39, 0.29) is 49.8 Å². The minimum Gasteiger partial charge on any atom is -0.481 e. The lowest BCUT2D eigenvalue weighted by Gasteiger charge is -2.34. The molecule has 0 aliphatic carbocycles. The van der Waals surface area contributed by atoms with Gasteiger partial charge in [0.15, 0.2) is 4.90 Å². The van der Waals surface area contributed by atoms with Crippen LogP contribution in [0.2, 0.25) is 0 Å². The van der Waals surface area contributed by atoms with Gasteiger partial charge in [0.05, 0.1) is 4.92 Å². The minimum absolute atomic E-state index is 0.00908. The zero-order chi connectivity index (χ0) is 20.0. The number of carbonyl (C=O) groups is 2. The number of rotatable bonds is 8. The predicted octanol–water partition coefficient (Wildman–Crippen LogP) is 1.07. The van der Waals surface area contributed by atoms with Gasteiger partial charge < -0.3 is 10.0 Å². The van der Waals surface area contributed by atoms with Crippen molar-refractivity contribution in [3.8, 4) is 0 Å². The van der Waals surface area contributed by atoms with Crippen LogP contribution in [-0.4, -0.2) is 65.7 Å². The Labute approximate surface area is 156 Å². The summed E-state index contributed by atoms with van der Waals surface area (Å²) < 4.78 is 26.6. The standard InChI is InChI=1S/C16H21N3O7S/c20-15(7-3-4-8-16(21)22)17-9-11-18(12-10-17)27(25,26)14-6-2-1-5-13(14)19(23)24/h1-2,5-6H,3-4,7-12H2,(H,21,22). The summed E-state index contributed by atoms with van der Waals surface area (Å²) in [5, 5.41) is 19.7. The van der Waals surface area contributed by atoms with Crippen LogP contribution in [-0.2, 0) is 19.6 Å². The molecule has 2 rings (SSSR count). The third-order valence-electron chi connectivity index (χ3n) is 4.30. The Kier molecular flexibility index (Phi) is 6.86. The number of para-hydroxylation sites is 1. The Morgan fingerprint density at radius 2 is 1.67 bits per heavy atom. The van der Waals surface area contributed by atoms with Crippen molar-refractivity contribution in [2.45, 2.75) is 30.6 Å². The summed E-state index contributed by atoms with van der Waals surface area (Å²) >= 11 is 0. The molecule has 0 aromatic heterocycles. The number of piperazine rings is 1. The number of carboxylic acid groups (broad SMARTS) is 1. The van der Waals surface area contributed by atoms with Crippen molar-refractivity contribution >= 4 is 27.6 Å². The molecule has 1 fully saturated rings. The molecule has 10 nitrogen and oxygen atoms in total. The zero-order valence-electron chi connectivity index (χ0n) is 14.6. The first-order valence-electron chi connectivity index (χ1n) is 8.46. The number of sulfonamides is 1. The highest BCUT2D eigenvalue weighted by Crippen LogP contribution is 2.27. The van der Waals surface area contributed by atoms with Gasteiger partial charge in [-0.05, 0) is 18.9 Å². The van der Waals surface area contributed by atoms with Crippen molar-refractivity contribution in [2.24, 2.45) is 0 Å². The van der Waals surface area contributed by atoms with Crippen molar-refractivity contribution in [1.29, 1.82) is 0 Å². The maximum atomic E-state index is 12.7. The number of aliphatic carboxylic acids is 1. The summed E-state index contributed by atoms with van der Waals surface area (Å²) in [6, 6.07) is 5.17. The smallest absolute Gasteiger partial charge is 0.303 e. The second-order valence-electron chi connectivity index (χ2n) is 6.11. The molecule has 0 spiro atoms. The molecule has 0 saturated carbocycles. The lowest BCUT2D eigenvalue weighted by atomic mass is 10.1. The average molecular weight is 399 g/mol. The monoisotopic (exact) mass is 399 g/mol. The average Bonchev–Trinajstić information content (AvgIpc) is 2.65. The maximum Gasteiger partial charge on any atom is 0.303 e. The molecule has 27 heavy (non-hydrogen) atoms. The summed E-state index contributed by atoms with van der Waals surface area (Å²) in [7, 11) is -4.03. The van der Waals surface area contributed by atoms with E-state index in [1.54, 1.807) is 0 Å². The normalized spacial score (nSPS) is 15.5. The van der Waals surface area contributed by atoms with Gasteiger partial charge in [0, 0.05) is 45.1 Å². The fourth-order valence-corrected chi connectivity index (χ4v) is 4.43. The molecule has 11 heteroatoms. The molecule has 1 aromatic carbocycles.